The number of hydrogen-bond acceptors (Lipinski definition) is 4. The van der Waals surface area contributed by atoms with Gasteiger partial charge in [-0.15, -0.1) is 0 Å². The molecule has 0 unspecified atom stereocenters. The summed E-state index contributed by atoms with van der Waals surface area (Å²) < 4.78 is 22.9. The first kappa shape index (κ1) is 14.7. The zero-order chi connectivity index (χ0) is 14.8. The summed E-state index contributed by atoms with van der Waals surface area (Å²) in [5.41, 5.74) is 1.59. The van der Waals surface area contributed by atoms with Crippen molar-refractivity contribution in [2.24, 2.45) is 0 Å². The fourth-order valence-electron chi connectivity index (χ4n) is 1.70. The minimum absolute atomic E-state index is 0.0366. The van der Waals surface area contributed by atoms with Gasteiger partial charge in [0, 0.05) is 18.5 Å². The Kier molecular flexibility index (Phi) is 4.20. The van der Waals surface area contributed by atoms with E-state index in [1.165, 1.54) is 12.3 Å². The van der Waals surface area contributed by atoms with Crippen LogP contribution in [0, 0.1) is 0 Å². The van der Waals surface area contributed by atoms with Crippen LogP contribution < -0.4 is 5.32 Å². The van der Waals surface area contributed by atoms with Gasteiger partial charge in [-0.25, -0.2) is 8.42 Å². The lowest BCUT2D eigenvalue weighted by atomic mass is 10.2. The molecule has 0 atom stereocenters. The molecule has 0 aromatic heterocycles. The Balaban J connectivity index is 2.13. The minimum Gasteiger partial charge on any atom is -0.506 e. The van der Waals surface area contributed by atoms with Crippen LogP contribution in [0.5, 0.6) is 5.75 Å². The van der Waals surface area contributed by atoms with Gasteiger partial charge in [-0.3, -0.25) is 0 Å². The van der Waals surface area contributed by atoms with Crippen molar-refractivity contribution in [1.29, 1.82) is 0 Å². The predicted octanol–water partition coefficient (Wildman–Crippen LogP) is 3.06. The summed E-state index contributed by atoms with van der Waals surface area (Å²) >= 11 is 5.82. The highest BCUT2D eigenvalue weighted by atomic mass is 35.5. The van der Waals surface area contributed by atoms with Gasteiger partial charge in [-0.1, -0.05) is 23.7 Å². The van der Waals surface area contributed by atoms with Gasteiger partial charge in [0.05, 0.1) is 9.92 Å². The van der Waals surface area contributed by atoms with Crippen LogP contribution >= 0.6 is 11.6 Å². The molecule has 0 aliphatic heterocycles. The van der Waals surface area contributed by atoms with Gasteiger partial charge in [-0.2, -0.15) is 0 Å². The van der Waals surface area contributed by atoms with Crippen LogP contribution in [0.2, 0.25) is 5.02 Å². The summed E-state index contributed by atoms with van der Waals surface area (Å²) in [6.07, 6.45) is 1.17. The van der Waals surface area contributed by atoms with E-state index >= 15 is 0 Å². The molecule has 0 aliphatic rings. The molecule has 2 rings (SSSR count). The molecule has 0 amide bonds. The Hall–Kier alpha value is -1.72. The number of hydrogen-bond donors (Lipinski definition) is 2. The summed E-state index contributed by atoms with van der Waals surface area (Å²) in [6.45, 7) is 0.479. The number of phenolic OH excluding ortho intramolecular Hbond substituents is 1. The molecule has 2 aromatic carbocycles. The van der Waals surface area contributed by atoms with E-state index in [0.29, 0.717) is 12.2 Å². The van der Waals surface area contributed by atoms with E-state index in [2.05, 4.69) is 5.32 Å². The molecule has 4 nitrogen and oxygen atoms in total. The maximum absolute atomic E-state index is 11.5. The third kappa shape index (κ3) is 3.65. The number of phenols is 1. The van der Waals surface area contributed by atoms with Crippen molar-refractivity contribution in [3.05, 3.63) is 53.1 Å². The highest BCUT2D eigenvalue weighted by Gasteiger charge is 2.07. The van der Waals surface area contributed by atoms with Crippen LogP contribution in [0.15, 0.2) is 47.4 Å². The van der Waals surface area contributed by atoms with Gasteiger partial charge in [-0.05, 0) is 35.9 Å². The number of anilines is 1. The summed E-state index contributed by atoms with van der Waals surface area (Å²) in [6, 6.07) is 11.5. The molecule has 0 saturated heterocycles. The molecule has 0 spiro atoms. The molecule has 6 heteroatoms. The molecule has 0 heterocycles. The lowest BCUT2D eigenvalue weighted by Crippen LogP contribution is -2.02. The first-order valence-corrected chi connectivity index (χ1v) is 8.14. The SMILES string of the molecule is CS(=O)(=O)c1cccc(NCc2ccc(O)c(Cl)c2)c1. The van der Waals surface area contributed by atoms with E-state index in [0.717, 1.165) is 5.56 Å². The Labute approximate surface area is 122 Å². The maximum Gasteiger partial charge on any atom is 0.175 e. The van der Waals surface area contributed by atoms with Crippen molar-refractivity contribution in [3.8, 4) is 5.75 Å². The third-order valence-electron chi connectivity index (χ3n) is 2.77. The van der Waals surface area contributed by atoms with E-state index in [1.807, 2.05) is 0 Å². The van der Waals surface area contributed by atoms with Crippen LogP contribution in [0.3, 0.4) is 0 Å². The summed E-state index contributed by atoms with van der Waals surface area (Å²) in [4.78, 5) is 0.270. The molecule has 2 aromatic rings. The van der Waals surface area contributed by atoms with Crippen LogP contribution in [0.1, 0.15) is 5.56 Å². The zero-order valence-corrected chi connectivity index (χ0v) is 12.4. The fourth-order valence-corrected chi connectivity index (χ4v) is 2.57. The van der Waals surface area contributed by atoms with Gasteiger partial charge < -0.3 is 10.4 Å². The van der Waals surface area contributed by atoms with Crippen molar-refractivity contribution in [2.75, 3.05) is 11.6 Å². The van der Waals surface area contributed by atoms with E-state index in [9.17, 15) is 13.5 Å². The predicted molar refractivity (Wildman–Crippen MR) is 80.0 cm³/mol. The molecule has 0 saturated carbocycles. The fraction of sp³-hybridized carbons (Fsp3) is 0.143. The summed E-state index contributed by atoms with van der Waals surface area (Å²) in [5.74, 6) is 0.0366. The molecular formula is C14H14ClNO3S. The monoisotopic (exact) mass is 311 g/mol. The van der Waals surface area contributed by atoms with E-state index in [4.69, 9.17) is 11.6 Å². The van der Waals surface area contributed by atoms with Crippen LogP contribution in [-0.2, 0) is 16.4 Å². The second-order valence-electron chi connectivity index (χ2n) is 4.44. The smallest absolute Gasteiger partial charge is 0.175 e. The van der Waals surface area contributed by atoms with Crippen LogP contribution in [0.4, 0.5) is 5.69 Å². The quantitative estimate of drug-likeness (QED) is 0.910. The van der Waals surface area contributed by atoms with Crippen molar-refractivity contribution in [3.63, 3.8) is 0 Å². The number of rotatable bonds is 4. The summed E-state index contributed by atoms with van der Waals surface area (Å²) in [5, 5.41) is 12.7. The molecule has 106 valence electrons. The van der Waals surface area contributed by atoms with E-state index in [1.54, 1.807) is 36.4 Å². The molecule has 0 aliphatic carbocycles. The van der Waals surface area contributed by atoms with Crippen LogP contribution in [0.25, 0.3) is 0 Å². The molecule has 20 heavy (non-hydrogen) atoms. The molecule has 0 radical (unpaired) electrons. The zero-order valence-electron chi connectivity index (χ0n) is 10.8. The van der Waals surface area contributed by atoms with Crippen LogP contribution in [-0.4, -0.2) is 19.8 Å². The highest BCUT2D eigenvalue weighted by molar-refractivity contribution is 7.90. The number of halogens is 1. The lowest BCUT2D eigenvalue weighted by molar-refractivity contribution is 0.475. The van der Waals surface area contributed by atoms with Gasteiger partial charge >= 0.3 is 0 Å². The second-order valence-corrected chi connectivity index (χ2v) is 6.86. The first-order chi connectivity index (χ1) is 9.36. The summed E-state index contributed by atoms with van der Waals surface area (Å²) in [7, 11) is -3.21. The molecule has 0 fully saturated rings. The molecule has 0 bridgehead atoms. The van der Waals surface area contributed by atoms with Crippen molar-refractivity contribution in [2.45, 2.75) is 11.4 Å². The average Bonchev–Trinajstić information content (AvgIpc) is 2.39. The highest BCUT2D eigenvalue weighted by Crippen LogP contribution is 2.24. The van der Waals surface area contributed by atoms with Crippen molar-refractivity contribution >= 4 is 27.1 Å². The second kappa shape index (κ2) is 5.73. The van der Waals surface area contributed by atoms with Gasteiger partial charge in [0.2, 0.25) is 0 Å². The number of aromatic hydroxyl groups is 1. The van der Waals surface area contributed by atoms with E-state index in [-0.39, 0.29) is 15.7 Å². The largest absolute Gasteiger partial charge is 0.506 e. The third-order valence-corrected chi connectivity index (χ3v) is 4.18. The number of nitrogens with one attached hydrogen (secondary N) is 1. The lowest BCUT2D eigenvalue weighted by Gasteiger charge is -2.08. The average molecular weight is 312 g/mol. The van der Waals surface area contributed by atoms with Gasteiger partial charge in [0.25, 0.3) is 0 Å². The minimum atomic E-state index is -3.21. The number of benzene rings is 2. The maximum atomic E-state index is 11.5. The Morgan fingerprint density at radius 1 is 1.20 bits per heavy atom. The normalized spacial score (nSPS) is 11.3. The topological polar surface area (TPSA) is 66.4 Å². The van der Waals surface area contributed by atoms with Crippen molar-refractivity contribution in [1.82, 2.24) is 0 Å². The van der Waals surface area contributed by atoms with Crippen molar-refractivity contribution < 1.29 is 13.5 Å². The first-order valence-electron chi connectivity index (χ1n) is 5.87. The molecule has 2 N–H and O–H groups in total. The van der Waals surface area contributed by atoms with Gasteiger partial charge in [0.1, 0.15) is 5.75 Å². The number of sulfone groups is 1. The Morgan fingerprint density at radius 2 is 1.95 bits per heavy atom. The standard InChI is InChI=1S/C14H14ClNO3S/c1-20(18,19)12-4-2-3-11(8-12)16-9-10-5-6-14(17)13(15)7-10/h2-8,16-17H,9H2,1H3. The van der Waals surface area contributed by atoms with E-state index < -0.39 is 9.84 Å². The Morgan fingerprint density at radius 3 is 2.60 bits per heavy atom. The Bertz CT molecular complexity index is 729. The van der Waals surface area contributed by atoms with Gasteiger partial charge in [0.15, 0.2) is 9.84 Å². The molecular weight excluding hydrogens is 298 g/mol.